The number of hydrogen-bond acceptors (Lipinski definition) is 3. The predicted molar refractivity (Wildman–Crippen MR) is 100 cm³/mol. The molecule has 0 radical (unpaired) electrons. The van der Waals surface area contributed by atoms with E-state index in [-0.39, 0.29) is 24.2 Å². The summed E-state index contributed by atoms with van der Waals surface area (Å²) >= 11 is 5.75. The SMILES string of the molecule is O=C(C[NH+]1CCC[C@@H]1c1ccc2c(c1)OCCO2)Nc1ccc(Cl)cc1F. The predicted octanol–water partition coefficient (Wildman–Crippen LogP) is 2.61. The van der Waals surface area contributed by atoms with Gasteiger partial charge in [-0.1, -0.05) is 11.6 Å². The molecule has 1 unspecified atom stereocenters. The summed E-state index contributed by atoms with van der Waals surface area (Å²) in [6.07, 6.45) is 2.04. The first-order valence-corrected chi connectivity index (χ1v) is 9.47. The number of fused-ring (bicyclic) bond motifs is 1. The highest BCUT2D eigenvalue weighted by atomic mass is 35.5. The molecule has 4 rings (SSSR count). The molecule has 2 N–H and O–H groups in total. The summed E-state index contributed by atoms with van der Waals surface area (Å²) < 4.78 is 25.1. The van der Waals surface area contributed by atoms with Crippen molar-refractivity contribution in [2.45, 2.75) is 18.9 Å². The van der Waals surface area contributed by atoms with E-state index in [1.165, 1.54) is 17.0 Å². The lowest BCUT2D eigenvalue weighted by Crippen LogP contribution is -3.11. The number of anilines is 1. The summed E-state index contributed by atoms with van der Waals surface area (Å²) in [6.45, 7) is 2.29. The molecule has 5 nitrogen and oxygen atoms in total. The molecule has 0 saturated carbocycles. The third-order valence-electron chi connectivity index (χ3n) is 5.04. The van der Waals surface area contributed by atoms with Crippen molar-refractivity contribution in [2.75, 3.05) is 31.6 Å². The van der Waals surface area contributed by atoms with Gasteiger partial charge in [0.15, 0.2) is 18.0 Å². The number of halogens is 2. The Hall–Kier alpha value is -2.31. The molecule has 0 aromatic heterocycles. The molecule has 27 heavy (non-hydrogen) atoms. The Balaban J connectivity index is 1.44. The van der Waals surface area contributed by atoms with Crippen LogP contribution in [0.2, 0.25) is 5.02 Å². The third kappa shape index (κ3) is 4.01. The smallest absolute Gasteiger partial charge is 0.279 e. The summed E-state index contributed by atoms with van der Waals surface area (Å²) in [5, 5.41) is 2.95. The highest BCUT2D eigenvalue weighted by Gasteiger charge is 2.32. The summed E-state index contributed by atoms with van der Waals surface area (Å²) in [6, 6.07) is 10.4. The fraction of sp³-hybridized carbons (Fsp3) is 0.350. The maximum absolute atomic E-state index is 13.9. The van der Waals surface area contributed by atoms with Gasteiger partial charge in [-0.2, -0.15) is 0 Å². The number of rotatable bonds is 4. The lowest BCUT2D eigenvalue weighted by atomic mass is 10.0. The van der Waals surface area contributed by atoms with Gasteiger partial charge in [0, 0.05) is 23.4 Å². The minimum absolute atomic E-state index is 0.152. The van der Waals surface area contributed by atoms with Crippen LogP contribution in [0.4, 0.5) is 10.1 Å². The summed E-state index contributed by atoms with van der Waals surface area (Å²) in [4.78, 5) is 13.6. The van der Waals surface area contributed by atoms with Gasteiger partial charge in [-0.05, 0) is 36.4 Å². The zero-order valence-electron chi connectivity index (χ0n) is 14.8. The van der Waals surface area contributed by atoms with Crippen LogP contribution in [0, 0.1) is 5.82 Å². The molecule has 2 aliphatic rings. The zero-order chi connectivity index (χ0) is 18.8. The number of carbonyl (C=O) groups is 1. The summed E-state index contributed by atoms with van der Waals surface area (Å²) in [5.41, 5.74) is 1.29. The second kappa shape index (κ2) is 7.74. The Morgan fingerprint density at radius 2 is 2.00 bits per heavy atom. The van der Waals surface area contributed by atoms with Crippen LogP contribution in [0.25, 0.3) is 0 Å². The molecule has 7 heteroatoms. The zero-order valence-corrected chi connectivity index (χ0v) is 15.5. The van der Waals surface area contributed by atoms with Gasteiger partial charge in [-0.25, -0.2) is 4.39 Å². The van der Waals surface area contributed by atoms with Crippen molar-refractivity contribution in [2.24, 2.45) is 0 Å². The van der Waals surface area contributed by atoms with Gasteiger partial charge >= 0.3 is 0 Å². The third-order valence-corrected chi connectivity index (χ3v) is 5.28. The average Bonchev–Trinajstić information content (AvgIpc) is 3.11. The molecule has 142 valence electrons. The standard InChI is InChI=1S/C20H20ClFN2O3/c21-14-4-5-16(15(22)11-14)23-20(25)12-24-7-1-2-17(24)13-3-6-18-19(10-13)27-9-8-26-18/h3-6,10-11,17H,1-2,7-9,12H2,(H,23,25)/p+1/t17-/m1/s1. The highest BCUT2D eigenvalue weighted by Crippen LogP contribution is 2.33. The van der Waals surface area contributed by atoms with E-state index in [9.17, 15) is 9.18 Å². The number of carbonyl (C=O) groups excluding carboxylic acids is 1. The fourth-order valence-corrected chi connectivity index (χ4v) is 3.95. The van der Waals surface area contributed by atoms with Gasteiger partial charge in [0.2, 0.25) is 0 Å². The number of ether oxygens (including phenoxy) is 2. The van der Waals surface area contributed by atoms with Crippen molar-refractivity contribution >= 4 is 23.2 Å². The Bertz CT molecular complexity index is 861. The molecule has 2 aromatic rings. The number of nitrogens with one attached hydrogen (secondary N) is 2. The van der Waals surface area contributed by atoms with Crippen molar-refractivity contribution in [3.8, 4) is 11.5 Å². The van der Waals surface area contributed by atoms with Gasteiger partial charge in [0.05, 0.1) is 12.2 Å². The van der Waals surface area contributed by atoms with E-state index in [2.05, 4.69) is 5.32 Å². The first kappa shape index (κ1) is 18.1. The van der Waals surface area contributed by atoms with E-state index in [0.717, 1.165) is 36.4 Å². The van der Waals surface area contributed by atoms with Crippen LogP contribution in [0.3, 0.4) is 0 Å². The average molecular weight is 392 g/mol. The highest BCUT2D eigenvalue weighted by molar-refractivity contribution is 6.30. The number of amides is 1. The van der Waals surface area contributed by atoms with Gasteiger partial charge in [-0.15, -0.1) is 0 Å². The van der Waals surface area contributed by atoms with E-state index in [4.69, 9.17) is 21.1 Å². The van der Waals surface area contributed by atoms with Gasteiger partial charge in [0.25, 0.3) is 5.91 Å². The first-order chi connectivity index (χ1) is 13.1. The Morgan fingerprint density at radius 3 is 2.81 bits per heavy atom. The van der Waals surface area contributed by atoms with Crippen molar-refractivity contribution in [3.05, 3.63) is 52.8 Å². The van der Waals surface area contributed by atoms with Crippen molar-refractivity contribution in [3.63, 3.8) is 0 Å². The molecule has 2 heterocycles. The molecule has 1 saturated heterocycles. The molecule has 2 aliphatic heterocycles. The molecular formula is C20H21ClFN2O3+. The monoisotopic (exact) mass is 391 g/mol. The number of benzene rings is 2. The number of likely N-dealkylation sites (tertiary alicyclic amines) is 1. The van der Waals surface area contributed by atoms with Crippen LogP contribution < -0.4 is 19.7 Å². The normalized spacial score (nSPS) is 21.1. The number of hydrogen-bond donors (Lipinski definition) is 2. The maximum Gasteiger partial charge on any atom is 0.279 e. The molecule has 2 aromatic carbocycles. The fourth-order valence-electron chi connectivity index (χ4n) is 3.79. The van der Waals surface area contributed by atoms with Crippen LogP contribution in [-0.4, -0.2) is 32.2 Å². The van der Waals surface area contributed by atoms with E-state index in [0.29, 0.717) is 18.2 Å². The van der Waals surface area contributed by atoms with Crippen molar-refractivity contribution in [1.82, 2.24) is 0 Å². The molecule has 2 atom stereocenters. The molecular weight excluding hydrogens is 371 g/mol. The van der Waals surface area contributed by atoms with Crippen LogP contribution in [-0.2, 0) is 4.79 Å². The van der Waals surface area contributed by atoms with E-state index in [1.54, 1.807) is 6.07 Å². The largest absolute Gasteiger partial charge is 0.486 e. The maximum atomic E-state index is 13.9. The van der Waals surface area contributed by atoms with Crippen LogP contribution in [0.5, 0.6) is 11.5 Å². The molecule has 0 bridgehead atoms. The second-order valence-corrected chi connectivity index (χ2v) is 7.29. The minimum atomic E-state index is -0.532. The van der Waals surface area contributed by atoms with Crippen LogP contribution in [0.15, 0.2) is 36.4 Å². The topological polar surface area (TPSA) is 52.0 Å². The summed E-state index contributed by atoms with van der Waals surface area (Å²) in [7, 11) is 0. The van der Waals surface area contributed by atoms with Crippen molar-refractivity contribution in [1.29, 1.82) is 0 Å². The first-order valence-electron chi connectivity index (χ1n) is 9.09. The van der Waals surface area contributed by atoms with Crippen LogP contribution >= 0.6 is 11.6 Å². The van der Waals surface area contributed by atoms with E-state index < -0.39 is 5.82 Å². The Labute approximate surface area is 162 Å². The molecule has 0 spiro atoms. The Morgan fingerprint density at radius 1 is 1.19 bits per heavy atom. The lowest BCUT2D eigenvalue weighted by Gasteiger charge is -2.24. The van der Waals surface area contributed by atoms with Gasteiger partial charge < -0.3 is 19.7 Å². The van der Waals surface area contributed by atoms with E-state index >= 15 is 0 Å². The molecule has 1 amide bonds. The minimum Gasteiger partial charge on any atom is -0.486 e. The Kier molecular flexibility index (Phi) is 5.18. The van der Waals surface area contributed by atoms with Crippen molar-refractivity contribution < 1.29 is 23.6 Å². The lowest BCUT2D eigenvalue weighted by molar-refractivity contribution is -0.910. The molecule has 1 fully saturated rings. The molecule has 0 aliphatic carbocycles. The quantitative estimate of drug-likeness (QED) is 0.842. The van der Waals surface area contributed by atoms with Crippen LogP contribution in [0.1, 0.15) is 24.4 Å². The number of quaternary nitrogens is 1. The second-order valence-electron chi connectivity index (χ2n) is 6.86. The van der Waals surface area contributed by atoms with E-state index in [1.807, 2.05) is 18.2 Å². The van der Waals surface area contributed by atoms with Gasteiger partial charge in [-0.3, -0.25) is 4.79 Å². The van der Waals surface area contributed by atoms with Gasteiger partial charge in [0.1, 0.15) is 25.1 Å². The summed E-state index contributed by atoms with van der Waals surface area (Å²) in [5.74, 6) is 0.782.